The summed E-state index contributed by atoms with van der Waals surface area (Å²) in [6.45, 7) is 2.55. The molecule has 0 saturated heterocycles. The highest BCUT2D eigenvalue weighted by molar-refractivity contribution is 7.99. The zero-order chi connectivity index (χ0) is 15.2. The Morgan fingerprint density at radius 2 is 1.95 bits per heavy atom. The smallest absolute Gasteiger partial charge is 0.335 e. The van der Waals surface area contributed by atoms with Crippen molar-refractivity contribution < 1.29 is 14.6 Å². The maximum atomic E-state index is 10.7. The highest BCUT2D eigenvalue weighted by atomic mass is 32.2. The van der Waals surface area contributed by atoms with Crippen molar-refractivity contribution in [3.63, 3.8) is 0 Å². The predicted molar refractivity (Wildman–Crippen MR) is 85.2 cm³/mol. The quantitative estimate of drug-likeness (QED) is 0.486. The first-order valence-electron chi connectivity index (χ1n) is 6.52. The molecule has 2 rings (SSSR count). The average molecular weight is 303 g/mol. The lowest BCUT2D eigenvalue weighted by molar-refractivity contribution is 0.0697. The zero-order valence-electron chi connectivity index (χ0n) is 11.7. The summed E-state index contributed by atoms with van der Waals surface area (Å²) >= 11 is 1.69. The third-order valence-corrected chi connectivity index (χ3v) is 4.16. The Morgan fingerprint density at radius 3 is 2.62 bits per heavy atom. The third kappa shape index (κ3) is 4.16. The summed E-state index contributed by atoms with van der Waals surface area (Å²) in [5.41, 5.74) is 8.01. The maximum absolute atomic E-state index is 10.7. The van der Waals surface area contributed by atoms with Crippen LogP contribution in [0.1, 0.15) is 15.9 Å². The summed E-state index contributed by atoms with van der Waals surface area (Å²) in [5, 5.41) is 8.81. The number of carboxylic acid groups (broad SMARTS) is 1. The molecule has 0 unspecified atom stereocenters. The minimum atomic E-state index is -0.936. The van der Waals surface area contributed by atoms with E-state index in [0.29, 0.717) is 12.4 Å². The van der Waals surface area contributed by atoms with E-state index in [1.165, 1.54) is 12.1 Å². The Labute approximate surface area is 127 Å². The molecule has 2 aromatic carbocycles. The van der Waals surface area contributed by atoms with Gasteiger partial charge in [0.25, 0.3) is 0 Å². The number of benzene rings is 2. The van der Waals surface area contributed by atoms with Crippen molar-refractivity contribution in [1.82, 2.24) is 0 Å². The molecule has 0 bridgehead atoms. The molecular formula is C16H17NO3S. The molecule has 21 heavy (non-hydrogen) atoms. The number of ether oxygens (including phenoxy) is 1. The summed E-state index contributed by atoms with van der Waals surface area (Å²) < 4.78 is 5.59. The van der Waals surface area contributed by atoms with Crippen LogP contribution >= 0.6 is 11.8 Å². The Bertz CT molecular complexity index is 626. The summed E-state index contributed by atoms with van der Waals surface area (Å²) in [7, 11) is 0. The summed E-state index contributed by atoms with van der Waals surface area (Å²) in [5.74, 6) is 0.532. The molecule has 0 aromatic heterocycles. The van der Waals surface area contributed by atoms with Crippen molar-refractivity contribution in [3.8, 4) is 5.75 Å². The van der Waals surface area contributed by atoms with Crippen LogP contribution in [0.15, 0.2) is 47.4 Å². The van der Waals surface area contributed by atoms with Crippen molar-refractivity contribution in [1.29, 1.82) is 0 Å². The minimum absolute atomic E-state index is 0.257. The lowest BCUT2D eigenvalue weighted by Gasteiger charge is -2.09. The van der Waals surface area contributed by atoms with E-state index < -0.39 is 5.97 Å². The van der Waals surface area contributed by atoms with Crippen LogP contribution in [0.2, 0.25) is 0 Å². The van der Waals surface area contributed by atoms with Crippen molar-refractivity contribution in [2.45, 2.75) is 11.8 Å². The van der Waals surface area contributed by atoms with E-state index in [2.05, 4.69) is 0 Å². The van der Waals surface area contributed by atoms with Crippen LogP contribution in [0.5, 0.6) is 5.75 Å². The van der Waals surface area contributed by atoms with Gasteiger partial charge in [-0.1, -0.05) is 6.07 Å². The molecule has 2 aromatic rings. The first kappa shape index (κ1) is 15.3. The van der Waals surface area contributed by atoms with Crippen LogP contribution in [-0.4, -0.2) is 23.4 Å². The normalized spacial score (nSPS) is 10.3. The number of rotatable bonds is 6. The second-order valence-corrected chi connectivity index (χ2v) is 5.63. The fourth-order valence-electron chi connectivity index (χ4n) is 1.79. The minimum Gasteiger partial charge on any atom is -0.493 e. The van der Waals surface area contributed by atoms with Gasteiger partial charge in [0.1, 0.15) is 5.75 Å². The van der Waals surface area contributed by atoms with Gasteiger partial charge in [0.2, 0.25) is 0 Å². The molecule has 0 heterocycles. The van der Waals surface area contributed by atoms with E-state index in [1.54, 1.807) is 23.9 Å². The lowest BCUT2D eigenvalue weighted by atomic mass is 10.2. The van der Waals surface area contributed by atoms with Crippen LogP contribution in [0.4, 0.5) is 5.69 Å². The molecule has 0 saturated carbocycles. The Balaban J connectivity index is 1.82. The van der Waals surface area contributed by atoms with Gasteiger partial charge in [-0.2, -0.15) is 0 Å². The molecule has 0 atom stereocenters. The fourth-order valence-corrected chi connectivity index (χ4v) is 2.69. The topological polar surface area (TPSA) is 72.5 Å². The highest BCUT2D eigenvalue weighted by Crippen LogP contribution is 2.26. The van der Waals surface area contributed by atoms with E-state index >= 15 is 0 Å². The van der Waals surface area contributed by atoms with Gasteiger partial charge < -0.3 is 15.6 Å². The summed E-state index contributed by atoms with van der Waals surface area (Å²) in [6.07, 6.45) is 0. The van der Waals surface area contributed by atoms with Gasteiger partial charge in [0.15, 0.2) is 0 Å². The molecule has 0 spiro atoms. The van der Waals surface area contributed by atoms with Crippen LogP contribution in [0.25, 0.3) is 0 Å². The standard InChI is InChI=1S/C16H17NO3S/c1-11-14(17)3-2-4-15(11)21-10-9-20-13-7-5-12(6-8-13)16(18)19/h2-8H,9-10,17H2,1H3,(H,18,19). The van der Waals surface area contributed by atoms with Gasteiger partial charge in [-0.25, -0.2) is 4.79 Å². The first-order valence-corrected chi connectivity index (χ1v) is 7.50. The number of carbonyl (C=O) groups is 1. The van der Waals surface area contributed by atoms with Gasteiger partial charge >= 0.3 is 5.97 Å². The summed E-state index contributed by atoms with van der Waals surface area (Å²) in [4.78, 5) is 11.9. The van der Waals surface area contributed by atoms with Crippen LogP contribution < -0.4 is 10.5 Å². The van der Waals surface area contributed by atoms with Gasteiger partial charge in [0, 0.05) is 16.3 Å². The molecule has 0 aliphatic rings. The van der Waals surface area contributed by atoms with E-state index in [0.717, 1.165) is 21.9 Å². The fraction of sp³-hybridized carbons (Fsp3) is 0.188. The van der Waals surface area contributed by atoms with Crippen molar-refractivity contribution in [2.75, 3.05) is 18.1 Å². The van der Waals surface area contributed by atoms with Crippen molar-refractivity contribution in [2.24, 2.45) is 0 Å². The Morgan fingerprint density at radius 1 is 1.24 bits per heavy atom. The number of thioether (sulfide) groups is 1. The molecule has 0 radical (unpaired) electrons. The predicted octanol–water partition coefficient (Wildman–Crippen LogP) is 3.45. The number of aromatic carboxylic acids is 1. The number of nitrogens with two attached hydrogens (primary N) is 1. The molecule has 110 valence electrons. The molecule has 3 N–H and O–H groups in total. The van der Waals surface area contributed by atoms with Crippen LogP contribution in [-0.2, 0) is 0 Å². The van der Waals surface area contributed by atoms with Gasteiger partial charge in [-0.3, -0.25) is 0 Å². The second kappa shape index (κ2) is 7.04. The number of carboxylic acids is 1. The molecule has 0 fully saturated rings. The van der Waals surface area contributed by atoms with Gasteiger partial charge in [-0.15, -0.1) is 11.8 Å². The molecule has 0 aliphatic heterocycles. The van der Waals surface area contributed by atoms with Crippen molar-refractivity contribution in [3.05, 3.63) is 53.6 Å². The maximum Gasteiger partial charge on any atom is 0.335 e. The number of hydrogen-bond donors (Lipinski definition) is 2. The highest BCUT2D eigenvalue weighted by Gasteiger charge is 2.03. The van der Waals surface area contributed by atoms with Crippen LogP contribution in [0, 0.1) is 6.92 Å². The van der Waals surface area contributed by atoms with E-state index in [9.17, 15) is 4.79 Å². The van der Waals surface area contributed by atoms with Gasteiger partial charge in [-0.05, 0) is 48.9 Å². The molecule has 4 nitrogen and oxygen atoms in total. The first-order chi connectivity index (χ1) is 10.1. The van der Waals surface area contributed by atoms with Gasteiger partial charge in [0.05, 0.1) is 12.2 Å². The molecular weight excluding hydrogens is 286 g/mol. The SMILES string of the molecule is Cc1c(N)cccc1SCCOc1ccc(C(=O)O)cc1. The van der Waals surface area contributed by atoms with E-state index in [-0.39, 0.29) is 5.56 Å². The number of hydrogen-bond acceptors (Lipinski definition) is 4. The third-order valence-electron chi connectivity index (χ3n) is 3.04. The largest absolute Gasteiger partial charge is 0.493 e. The van der Waals surface area contributed by atoms with Crippen LogP contribution in [0.3, 0.4) is 0 Å². The molecule has 5 heteroatoms. The van der Waals surface area contributed by atoms with Crippen molar-refractivity contribution >= 4 is 23.4 Å². The zero-order valence-corrected chi connectivity index (χ0v) is 12.5. The second-order valence-electron chi connectivity index (χ2n) is 4.50. The number of anilines is 1. The monoisotopic (exact) mass is 303 g/mol. The Kier molecular flexibility index (Phi) is 5.11. The number of nitrogen functional groups attached to an aromatic ring is 1. The molecule has 0 aliphatic carbocycles. The average Bonchev–Trinajstić information content (AvgIpc) is 2.48. The van der Waals surface area contributed by atoms with E-state index in [1.807, 2.05) is 25.1 Å². The van der Waals surface area contributed by atoms with E-state index in [4.69, 9.17) is 15.6 Å². The summed E-state index contributed by atoms with van der Waals surface area (Å²) in [6, 6.07) is 12.3. The Hall–Kier alpha value is -2.14. The lowest BCUT2D eigenvalue weighted by Crippen LogP contribution is -2.01. The molecule has 0 amide bonds.